The van der Waals surface area contributed by atoms with Crippen molar-refractivity contribution in [3.8, 4) is 5.75 Å². The van der Waals surface area contributed by atoms with Crippen LogP contribution in [0.3, 0.4) is 0 Å². The van der Waals surface area contributed by atoms with Crippen molar-refractivity contribution in [1.82, 2.24) is 0 Å². The normalized spacial score (nSPS) is 20.1. The molecule has 51 heavy (non-hydrogen) atoms. The lowest BCUT2D eigenvalue weighted by Crippen LogP contribution is -2.49. The molecule has 0 N–H and O–H groups in total. The largest absolute Gasteiger partial charge is 0.464 e. The maximum atomic E-state index is 13.7. The second-order valence-electron chi connectivity index (χ2n) is 14.6. The first kappa shape index (κ1) is 36.6. The molecule has 0 amide bonds. The quantitative estimate of drug-likeness (QED) is 0.0815. The third kappa shape index (κ3) is 7.41. The minimum absolute atomic E-state index is 0.106. The molecule has 1 saturated heterocycles. The Morgan fingerprint density at radius 1 is 0.765 bits per heavy atom. The highest BCUT2D eigenvalue weighted by atomic mass is 28.4. The fourth-order valence-corrected chi connectivity index (χ4v) is 7.80. The van der Waals surface area contributed by atoms with Crippen molar-refractivity contribution in [2.24, 2.45) is 5.92 Å². The Kier molecular flexibility index (Phi) is 10.1. The molecule has 4 atom stereocenters. The van der Waals surface area contributed by atoms with E-state index in [-0.39, 0.29) is 34.3 Å². The average Bonchev–Trinajstić information content (AvgIpc) is 3.37. The third-order valence-corrected chi connectivity index (χ3v) is 14.6. The van der Waals surface area contributed by atoms with Gasteiger partial charge in [0.25, 0.3) is 0 Å². The topological polar surface area (TPSA) is 67.1 Å². The highest BCUT2D eigenvalue weighted by molar-refractivity contribution is 6.74. The fraction of sp³-hybridized carbons (Fsp3) is 0.341. The molecule has 4 aromatic carbocycles. The third-order valence-electron chi connectivity index (χ3n) is 10.1. The zero-order chi connectivity index (χ0) is 36.6. The zero-order valence-electron chi connectivity index (χ0n) is 29.6. The van der Waals surface area contributed by atoms with Crippen molar-refractivity contribution in [2.45, 2.75) is 76.1 Å². The van der Waals surface area contributed by atoms with Crippen LogP contribution in [0.1, 0.15) is 49.9 Å². The van der Waals surface area contributed by atoms with Crippen molar-refractivity contribution < 1.29 is 36.2 Å². The van der Waals surface area contributed by atoms with Crippen LogP contribution in [0.5, 0.6) is 5.75 Å². The minimum Gasteiger partial charge on any atom is -0.464 e. The molecule has 1 unspecified atom stereocenters. The standard InChI is InChI=1S/C41H43F3O6Si/c1-27-37(50-51(5,6)39(2,3)4)35(49-38(27)47-31-22-23-32-33(41(42,43)44)25-36(45)48-34(32)24-31)26-46-40(28-16-10-7-11-17-28,29-18-12-8-13-19-29)30-20-14-9-15-21-30/h7-25,27,35,37-38H,26H2,1-6H3/t27-,35-,37+,38?/m1/s1. The minimum atomic E-state index is -4.73. The summed E-state index contributed by atoms with van der Waals surface area (Å²) in [6.45, 7) is 13.0. The summed E-state index contributed by atoms with van der Waals surface area (Å²) in [6.07, 6.45) is -6.59. The van der Waals surface area contributed by atoms with Gasteiger partial charge in [0.1, 0.15) is 23.0 Å². The summed E-state index contributed by atoms with van der Waals surface area (Å²) in [7, 11) is -2.36. The van der Waals surface area contributed by atoms with Gasteiger partial charge in [0.2, 0.25) is 6.29 Å². The van der Waals surface area contributed by atoms with E-state index < -0.39 is 49.8 Å². The molecule has 1 aliphatic rings. The van der Waals surface area contributed by atoms with E-state index in [0.29, 0.717) is 6.07 Å². The summed E-state index contributed by atoms with van der Waals surface area (Å²) in [5, 5.41) is -0.343. The van der Waals surface area contributed by atoms with E-state index in [9.17, 15) is 18.0 Å². The second kappa shape index (κ2) is 14.1. The predicted octanol–water partition coefficient (Wildman–Crippen LogP) is 9.95. The molecular weight excluding hydrogens is 674 g/mol. The smallest absolute Gasteiger partial charge is 0.417 e. The number of alkyl halides is 3. The van der Waals surface area contributed by atoms with E-state index in [4.69, 9.17) is 23.1 Å². The predicted molar refractivity (Wildman–Crippen MR) is 193 cm³/mol. The first-order chi connectivity index (χ1) is 24.1. The van der Waals surface area contributed by atoms with E-state index in [1.54, 1.807) is 0 Å². The Labute approximate surface area is 297 Å². The van der Waals surface area contributed by atoms with Crippen LogP contribution >= 0.6 is 0 Å². The van der Waals surface area contributed by atoms with Gasteiger partial charge in [-0.1, -0.05) is 119 Å². The zero-order valence-corrected chi connectivity index (χ0v) is 30.6. The Morgan fingerprint density at radius 2 is 1.29 bits per heavy atom. The van der Waals surface area contributed by atoms with Gasteiger partial charge in [0, 0.05) is 23.4 Å². The Hall–Kier alpha value is -4.22. The number of halogens is 3. The van der Waals surface area contributed by atoms with E-state index in [0.717, 1.165) is 16.7 Å². The van der Waals surface area contributed by atoms with E-state index >= 15 is 0 Å². The molecule has 1 aliphatic heterocycles. The molecule has 6 rings (SSSR count). The van der Waals surface area contributed by atoms with Gasteiger partial charge in [-0.3, -0.25) is 0 Å². The summed E-state index contributed by atoms with van der Waals surface area (Å²) in [4.78, 5) is 12.1. The summed E-state index contributed by atoms with van der Waals surface area (Å²) in [5.74, 6) is -0.113. The first-order valence-corrected chi connectivity index (χ1v) is 20.0. The number of benzene rings is 4. The molecule has 268 valence electrons. The van der Waals surface area contributed by atoms with Crippen LogP contribution in [0, 0.1) is 5.92 Å². The van der Waals surface area contributed by atoms with E-state index in [1.165, 1.54) is 18.2 Å². The van der Waals surface area contributed by atoms with Gasteiger partial charge in [-0.25, -0.2) is 4.79 Å². The highest BCUT2D eigenvalue weighted by Gasteiger charge is 2.50. The van der Waals surface area contributed by atoms with Gasteiger partial charge in [-0.05, 0) is 47.0 Å². The van der Waals surface area contributed by atoms with Gasteiger partial charge in [0.05, 0.1) is 18.3 Å². The lowest BCUT2D eigenvalue weighted by atomic mass is 9.80. The van der Waals surface area contributed by atoms with E-state index in [1.807, 2.05) is 61.5 Å². The fourth-order valence-electron chi connectivity index (χ4n) is 6.40. The molecule has 0 radical (unpaired) electrons. The van der Waals surface area contributed by atoms with Crippen LogP contribution in [0.4, 0.5) is 13.2 Å². The second-order valence-corrected chi connectivity index (χ2v) is 19.3. The average molecular weight is 717 g/mol. The molecule has 10 heteroatoms. The molecule has 0 aliphatic carbocycles. The summed E-state index contributed by atoms with van der Waals surface area (Å²) in [5.41, 5.74) is -0.564. The van der Waals surface area contributed by atoms with Crippen molar-refractivity contribution in [3.05, 3.63) is 148 Å². The van der Waals surface area contributed by atoms with Crippen molar-refractivity contribution in [2.75, 3.05) is 6.61 Å². The number of rotatable bonds is 10. The monoisotopic (exact) mass is 716 g/mol. The summed E-state index contributed by atoms with van der Waals surface area (Å²) >= 11 is 0. The van der Waals surface area contributed by atoms with E-state index in [2.05, 4.69) is 70.3 Å². The van der Waals surface area contributed by atoms with Crippen LogP contribution < -0.4 is 10.4 Å². The Bertz CT molecular complexity index is 1900. The molecular formula is C41H43F3O6Si. The van der Waals surface area contributed by atoms with Crippen molar-refractivity contribution in [1.29, 1.82) is 0 Å². The summed E-state index contributed by atoms with van der Waals surface area (Å²) in [6, 6.07) is 34.6. The lowest BCUT2D eigenvalue weighted by Gasteiger charge is -2.41. The SMILES string of the molecule is C[C@H]1C(Oc2ccc3c(C(F)(F)F)cc(=O)oc3c2)O[C@H](COC(c2ccccc2)(c2ccccc2)c2ccccc2)[C@H]1O[Si](C)(C)C(C)(C)C. The molecule has 1 aromatic heterocycles. The van der Waals surface area contributed by atoms with Crippen LogP contribution in [-0.2, 0) is 25.7 Å². The van der Waals surface area contributed by atoms with Gasteiger partial charge < -0.3 is 23.1 Å². The molecule has 6 nitrogen and oxygen atoms in total. The number of hydrogen-bond donors (Lipinski definition) is 0. The van der Waals surface area contributed by atoms with Gasteiger partial charge >= 0.3 is 11.8 Å². The Balaban J connectivity index is 1.37. The molecule has 0 bridgehead atoms. The molecule has 0 saturated carbocycles. The van der Waals surface area contributed by atoms with Crippen LogP contribution in [0.25, 0.3) is 11.0 Å². The number of ether oxygens (including phenoxy) is 3. The molecule has 0 spiro atoms. The summed E-state index contributed by atoms with van der Waals surface area (Å²) < 4.78 is 73.5. The molecule has 1 fully saturated rings. The van der Waals surface area contributed by atoms with Crippen LogP contribution in [0.15, 0.2) is 124 Å². The van der Waals surface area contributed by atoms with Gasteiger partial charge in [0.15, 0.2) is 8.32 Å². The van der Waals surface area contributed by atoms with Crippen LogP contribution in [0.2, 0.25) is 18.1 Å². The van der Waals surface area contributed by atoms with Crippen molar-refractivity contribution >= 4 is 19.3 Å². The van der Waals surface area contributed by atoms with Gasteiger partial charge in [-0.15, -0.1) is 0 Å². The van der Waals surface area contributed by atoms with Crippen molar-refractivity contribution in [3.63, 3.8) is 0 Å². The first-order valence-electron chi connectivity index (χ1n) is 17.1. The molecule has 5 aromatic rings. The Morgan fingerprint density at radius 3 is 1.78 bits per heavy atom. The highest BCUT2D eigenvalue weighted by Crippen LogP contribution is 2.45. The number of fused-ring (bicyclic) bond motifs is 1. The van der Waals surface area contributed by atoms with Gasteiger partial charge in [-0.2, -0.15) is 13.2 Å². The molecule has 2 heterocycles. The lowest BCUT2D eigenvalue weighted by molar-refractivity contribution is -0.136. The maximum absolute atomic E-state index is 13.7. The maximum Gasteiger partial charge on any atom is 0.417 e. The van der Waals surface area contributed by atoms with Crippen LogP contribution in [-0.4, -0.2) is 33.4 Å². The number of hydrogen-bond acceptors (Lipinski definition) is 6.